The van der Waals surface area contributed by atoms with Crippen molar-refractivity contribution in [1.29, 1.82) is 0 Å². The first-order chi connectivity index (χ1) is 8.54. The third kappa shape index (κ3) is 2.37. The van der Waals surface area contributed by atoms with E-state index in [0.29, 0.717) is 23.7 Å². The Labute approximate surface area is 115 Å². The van der Waals surface area contributed by atoms with Crippen molar-refractivity contribution < 1.29 is 9.90 Å². The first-order valence-electron chi connectivity index (χ1n) is 6.01. The van der Waals surface area contributed by atoms with Gasteiger partial charge in [-0.15, -0.1) is 0 Å². The van der Waals surface area contributed by atoms with Crippen molar-refractivity contribution in [2.75, 3.05) is 18.9 Å². The molecule has 3 N–H and O–H groups in total. The van der Waals surface area contributed by atoms with Crippen molar-refractivity contribution in [3.8, 4) is 0 Å². The maximum absolute atomic E-state index is 12.5. The van der Waals surface area contributed by atoms with Crippen LogP contribution in [0, 0.1) is 5.92 Å². The van der Waals surface area contributed by atoms with Gasteiger partial charge in [0, 0.05) is 16.7 Å². The predicted octanol–water partition coefficient (Wildman–Crippen LogP) is 1.87. The van der Waals surface area contributed by atoms with Crippen LogP contribution in [0.5, 0.6) is 0 Å². The molecule has 0 radical (unpaired) electrons. The number of rotatable bonds is 2. The van der Waals surface area contributed by atoms with Crippen LogP contribution in [0.15, 0.2) is 22.7 Å². The van der Waals surface area contributed by atoms with Gasteiger partial charge < -0.3 is 15.7 Å². The SMILES string of the molecule is CC1CCN(C(=O)c2cc(N)ccc2Br)C1CO. The van der Waals surface area contributed by atoms with Gasteiger partial charge in [-0.2, -0.15) is 0 Å². The number of aliphatic hydroxyl groups is 1. The summed E-state index contributed by atoms with van der Waals surface area (Å²) in [4.78, 5) is 14.2. The fraction of sp³-hybridized carbons (Fsp3) is 0.462. The fourth-order valence-corrected chi connectivity index (χ4v) is 2.82. The summed E-state index contributed by atoms with van der Waals surface area (Å²) in [5.74, 6) is 0.261. The number of hydrogen-bond donors (Lipinski definition) is 2. The van der Waals surface area contributed by atoms with Gasteiger partial charge >= 0.3 is 0 Å². The standard InChI is InChI=1S/C13H17BrN2O2/c1-8-4-5-16(12(8)7-17)13(18)10-6-9(15)2-3-11(10)14/h2-3,6,8,12,17H,4-5,7,15H2,1H3. The average Bonchev–Trinajstić information content (AvgIpc) is 2.72. The van der Waals surface area contributed by atoms with Crippen molar-refractivity contribution in [3.63, 3.8) is 0 Å². The van der Waals surface area contributed by atoms with E-state index in [4.69, 9.17) is 5.73 Å². The van der Waals surface area contributed by atoms with Gasteiger partial charge in [0.15, 0.2) is 0 Å². The van der Waals surface area contributed by atoms with Crippen LogP contribution in [0.3, 0.4) is 0 Å². The van der Waals surface area contributed by atoms with Gasteiger partial charge in [0.25, 0.3) is 5.91 Å². The molecule has 1 heterocycles. The molecular weight excluding hydrogens is 296 g/mol. The van der Waals surface area contributed by atoms with Crippen molar-refractivity contribution in [1.82, 2.24) is 4.90 Å². The maximum atomic E-state index is 12.5. The van der Waals surface area contributed by atoms with E-state index in [-0.39, 0.29) is 18.6 Å². The number of nitrogens with two attached hydrogens (primary N) is 1. The highest BCUT2D eigenvalue weighted by Gasteiger charge is 2.34. The molecule has 0 aliphatic carbocycles. The van der Waals surface area contributed by atoms with E-state index in [2.05, 4.69) is 22.9 Å². The molecule has 2 atom stereocenters. The number of amides is 1. The van der Waals surface area contributed by atoms with E-state index in [1.165, 1.54) is 0 Å². The Morgan fingerprint density at radius 1 is 1.61 bits per heavy atom. The van der Waals surface area contributed by atoms with E-state index in [0.717, 1.165) is 10.9 Å². The van der Waals surface area contributed by atoms with Crippen LogP contribution in [0.25, 0.3) is 0 Å². The molecule has 0 aromatic heterocycles. The molecule has 0 bridgehead atoms. The normalized spacial score (nSPS) is 23.4. The quantitative estimate of drug-likeness (QED) is 0.819. The van der Waals surface area contributed by atoms with Gasteiger partial charge in [0.05, 0.1) is 18.2 Å². The molecule has 1 saturated heterocycles. The molecule has 1 aliphatic rings. The Morgan fingerprint density at radius 2 is 2.33 bits per heavy atom. The lowest BCUT2D eigenvalue weighted by molar-refractivity contribution is 0.0647. The lowest BCUT2D eigenvalue weighted by Gasteiger charge is -2.25. The summed E-state index contributed by atoms with van der Waals surface area (Å²) in [6.07, 6.45) is 0.927. The van der Waals surface area contributed by atoms with E-state index in [1.54, 1.807) is 23.1 Å². The summed E-state index contributed by atoms with van der Waals surface area (Å²) < 4.78 is 0.734. The Kier molecular flexibility index (Phi) is 3.92. The second-order valence-electron chi connectivity index (χ2n) is 4.75. The summed E-state index contributed by atoms with van der Waals surface area (Å²) in [6.45, 7) is 2.75. The molecule has 2 unspecified atom stereocenters. The molecule has 5 heteroatoms. The number of aliphatic hydroxyl groups excluding tert-OH is 1. The van der Waals surface area contributed by atoms with Crippen molar-refractivity contribution >= 4 is 27.5 Å². The molecule has 98 valence electrons. The Bertz CT molecular complexity index is 464. The van der Waals surface area contributed by atoms with Crippen LogP contribution in [0.2, 0.25) is 0 Å². The Balaban J connectivity index is 2.28. The van der Waals surface area contributed by atoms with Gasteiger partial charge in [-0.1, -0.05) is 6.92 Å². The highest BCUT2D eigenvalue weighted by molar-refractivity contribution is 9.10. The largest absolute Gasteiger partial charge is 0.399 e. The van der Waals surface area contributed by atoms with Crippen molar-refractivity contribution in [2.45, 2.75) is 19.4 Å². The minimum absolute atomic E-state index is 0.00679. The van der Waals surface area contributed by atoms with Crippen LogP contribution in [0.1, 0.15) is 23.7 Å². The highest BCUT2D eigenvalue weighted by atomic mass is 79.9. The van der Waals surface area contributed by atoms with E-state index in [9.17, 15) is 9.90 Å². The number of nitrogen functional groups attached to an aromatic ring is 1. The second-order valence-corrected chi connectivity index (χ2v) is 5.61. The van der Waals surface area contributed by atoms with Gasteiger partial charge in [-0.05, 0) is 46.5 Å². The number of hydrogen-bond acceptors (Lipinski definition) is 3. The lowest BCUT2D eigenvalue weighted by atomic mass is 10.0. The molecule has 18 heavy (non-hydrogen) atoms. The summed E-state index contributed by atoms with van der Waals surface area (Å²) in [7, 11) is 0. The fourth-order valence-electron chi connectivity index (χ4n) is 2.40. The molecule has 1 aromatic rings. The molecule has 1 fully saturated rings. The minimum atomic E-state index is -0.0918. The first kappa shape index (κ1) is 13.4. The highest BCUT2D eigenvalue weighted by Crippen LogP contribution is 2.28. The Morgan fingerprint density at radius 3 is 3.00 bits per heavy atom. The lowest BCUT2D eigenvalue weighted by Crippen LogP contribution is -2.40. The molecule has 1 aliphatic heterocycles. The van der Waals surface area contributed by atoms with Gasteiger partial charge in [-0.25, -0.2) is 0 Å². The number of benzene rings is 1. The second kappa shape index (κ2) is 5.28. The average molecular weight is 313 g/mol. The van der Waals surface area contributed by atoms with E-state index >= 15 is 0 Å². The predicted molar refractivity (Wildman–Crippen MR) is 74.2 cm³/mol. The van der Waals surface area contributed by atoms with Crippen LogP contribution in [-0.4, -0.2) is 35.1 Å². The first-order valence-corrected chi connectivity index (χ1v) is 6.80. The third-order valence-electron chi connectivity index (χ3n) is 3.55. The van der Waals surface area contributed by atoms with Gasteiger partial charge in [-0.3, -0.25) is 4.79 Å². The number of halogens is 1. The van der Waals surface area contributed by atoms with Crippen LogP contribution in [0.4, 0.5) is 5.69 Å². The van der Waals surface area contributed by atoms with Crippen LogP contribution >= 0.6 is 15.9 Å². The number of likely N-dealkylation sites (tertiary alicyclic amines) is 1. The molecule has 2 rings (SSSR count). The zero-order chi connectivity index (χ0) is 13.3. The summed E-state index contributed by atoms with van der Waals surface area (Å²) >= 11 is 3.37. The maximum Gasteiger partial charge on any atom is 0.255 e. The van der Waals surface area contributed by atoms with E-state index < -0.39 is 0 Å². The minimum Gasteiger partial charge on any atom is -0.399 e. The van der Waals surface area contributed by atoms with Crippen molar-refractivity contribution in [2.24, 2.45) is 5.92 Å². The number of anilines is 1. The zero-order valence-electron chi connectivity index (χ0n) is 10.3. The summed E-state index contributed by atoms with van der Waals surface area (Å²) in [6, 6.07) is 5.10. The number of nitrogens with zero attached hydrogens (tertiary/aromatic N) is 1. The molecule has 0 saturated carbocycles. The molecule has 1 aromatic carbocycles. The van der Waals surface area contributed by atoms with E-state index in [1.807, 2.05) is 0 Å². The van der Waals surface area contributed by atoms with Gasteiger partial charge in [0.2, 0.25) is 0 Å². The topological polar surface area (TPSA) is 66.6 Å². The molecule has 1 amide bonds. The third-order valence-corrected chi connectivity index (χ3v) is 4.24. The van der Waals surface area contributed by atoms with Crippen molar-refractivity contribution in [3.05, 3.63) is 28.2 Å². The molecule has 0 spiro atoms. The smallest absolute Gasteiger partial charge is 0.255 e. The summed E-state index contributed by atoms with van der Waals surface area (Å²) in [5.41, 5.74) is 6.84. The number of carbonyl (C=O) groups is 1. The molecular formula is C13H17BrN2O2. The summed E-state index contributed by atoms with van der Waals surface area (Å²) in [5, 5.41) is 9.40. The van der Waals surface area contributed by atoms with Gasteiger partial charge in [0.1, 0.15) is 0 Å². The monoisotopic (exact) mass is 312 g/mol. The van der Waals surface area contributed by atoms with Crippen LogP contribution in [-0.2, 0) is 0 Å². The Hall–Kier alpha value is -1.07. The number of carbonyl (C=O) groups excluding carboxylic acids is 1. The van der Waals surface area contributed by atoms with Crippen LogP contribution < -0.4 is 5.73 Å². The zero-order valence-corrected chi connectivity index (χ0v) is 11.9. The molecule has 4 nitrogen and oxygen atoms in total.